The van der Waals surface area contributed by atoms with Crippen LogP contribution in [-0.2, 0) is 15.7 Å². The van der Waals surface area contributed by atoms with Crippen molar-refractivity contribution < 1.29 is 32.3 Å². The Bertz CT molecular complexity index is 1010. The molecule has 2 fully saturated rings. The molecule has 0 saturated carbocycles. The molecule has 0 aromatic carbocycles. The number of alkyl halides is 3. The number of nitrogens with one attached hydrogen (secondary N) is 1. The fraction of sp³-hybridized carbons (Fsp3) is 0.400. The van der Waals surface area contributed by atoms with E-state index in [1.807, 2.05) is 0 Å². The zero-order chi connectivity index (χ0) is 22.9. The summed E-state index contributed by atoms with van der Waals surface area (Å²) in [5.74, 6) is -1.28. The normalized spacial score (nSPS) is 20.7. The number of fused-ring (bicyclic) bond motifs is 1. The highest BCUT2D eigenvalue weighted by Crippen LogP contribution is 2.30. The molecule has 170 valence electrons. The van der Waals surface area contributed by atoms with Gasteiger partial charge in [-0.15, -0.1) is 11.3 Å². The van der Waals surface area contributed by atoms with Crippen LogP contribution in [0.25, 0.3) is 0 Å². The summed E-state index contributed by atoms with van der Waals surface area (Å²) in [5.41, 5.74) is -1.19. The summed E-state index contributed by atoms with van der Waals surface area (Å²) in [6, 6.07) is 3.70. The lowest BCUT2D eigenvalue weighted by molar-refractivity contribution is -0.141. The molecule has 0 aliphatic carbocycles. The number of hydrogen-bond acceptors (Lipinski definition) is 6. The largest absolute Gasteiger partial charge is 0.417 e. The van der Waals surface area contributed by atoms with Crippen LogP contribution in [-0.4, -0.2) is 77.4 Å². The molecule has 0 spiro atoms. The second kappa shape index (κ2) is 8.87. The van der Waals surface area contributed by atoms with Gasteiger partial charge in [0.2, 0.25) is 5.91 Å². The minimum atomic E-state index is -4.61. The smallest absolute Gasteiger partial charge is 0.372 e. The molecule has 2 saturated heterocycles. The molecule has 4 heterocycles. The minimum absolute atomic E-state index is 0.115. The summed E-state index contributed by atoms with van der Waals surface area (Å²) in [4.78, 5) is 44.6. The molecule has 2 atom stereocenters. The van der Waals surface area contributed by atoms with Gasteiger partial charge in [-0.05, 0) is 17.5 Å². The summed E-state index contributed by atoms with van der Waals surface area (Å²) in [6.45, 7) is 0.613. The van der Waals surface area contributed by atoms with E-state index in [2.05, 4.69) is 10.3 Å². The van der Waals surface area contributed by atoms with Crippen LogP contribution in [0.2, 0.25) is 0 Å². The molecule has 4 rings (SSSR count). The van der Waals surface area contributed by atoms with Crippen molar-refractivity contribution in [2.75, 3.05) is 32.8 Å². The van der Waals surface area contributed by atoms with E-state index in [9.17, 15) is 27.6 Å². The summed E-state index contributed by atoms with van der Waals surface area (Å²) >= 11 is 1.26. The number of thiophene rings is 1. The first-order chi connectivity index (χ1) is 15.2. The van der Waals surface area contributed by atoms with Crippen molar-refractivity contribution in [1.29, 1.82) is 0 Å². The lowest BCUT2D eigenvalue weighted by atomic mass is 10.1. The SMILES string of the molecule is O=C(NCC(=O)N1CCO[C@@H]2CN(C(=O)c3cncc(C(F)(F)F)c3)C[C@@H]21)c1cccs1. The third-order valence-electron chi connectivity index (χ3n) is 5.37. The van der Waals surface area contributed by atoms with Gasteiger partial charge in [-0.1, -0.05) is 6.07 Å². The van der Waals surface area contributed by atoms with Crippen LogP contribution >= 0.6 is 11.3 Å². The van der Waals surface area contributed by atoms with Gasteiger partial charge in [0, 0.05) is 32.0 Å². The van der Waals surface area contributed by atoms with E-state index < -0.39 is 29.8 Å². The van der Waals surface area contributed by atoms with Crippen LogP contribution in [0.15, 0.2) is 36.0 Å². The Hall–Kier alpha value is -2.99. The fourth-order valence-corrected chi connectivity index (χ4v) is 4.45. The number of pyridine rings is 1. The molecule has 2 aromatic rings. The van der Waals surface area contributed by atoms with Crippen molar-refractivity contribution in [3.63, 3.8) is 0 Å². The molecule has 1 N–H and O–H groups in total. The number of aromatic nitrogens is 1. The maximum atomic E-state index is 13.0. The van der Waals surface area contributed by atoms with Gasteiger partial charge >= 0.3 is 6.18 Å². The van der Waals surface area contributed by atoms with Gasteiger partial charge in [-0.25, -0.2) is 0 Å². The number of hydrogen-bond donors (Lipinski definition) is 1. The molecule has 0 unspecified atom stereocenters. The molecule has 12 heteroatoms. The van der Waals surface area contributed by atoms with E-state index in [1.54, 1.807) is 22.4 Å². The Labute approximate surface area is 185 Å². The topological polar surface area (TPSA) is 91.8 Å². The van der Waals surface area contributed by atoms with Gasteiger partial charge in [0.1, 0.15) is 0 Å². The van der Waals surface area contributed by atoms with Gasteiger partial charge in [0.25, 0.3) is 11.8 Å². The monoisotopic (exact) mass is 468 g/mol. The molecule has 2 aromatic heterocycles. The summed E-state index contributed by atoms with van der Waals surface area (Å²) in [5, 5.41) is 4.34. The van der Waals surface area contributed by atoms with Gasteiger partial charge in [0.15, 0.2) is 0 Å². The highest BCUT2D eigenvalue weighted by atomic mass is 32.1. The average molecular weight is 468 g/mol. The van der Waals surface area contributed by atoms with Crippen LogP contribution in [0.4, 0.5) is 13.2 Å². The number of rotatable bonds is 4. The second-order valence-electron chi connectivity index (χ2n) is 7.39. The molecular weight excluding hydrogens is 449 g/mol. The van der Waals surface area contributed by atoms with Crippen LogP contribution in [0.5, 0.6) is 0 Å². The third kappa shape index (κ3) is 4.60. The summed E-state index contributed by atoms with van der Waals surface area (Å²) in [6.07, 6.45) is -3.32. The van der Waals surface area contributed by atoms with E-state index in [4.69, 9.17) is 4.74 Å². The molecule has 8 nitrogen and oxygen atoms in total. The lowest BCUT2D eigenvalue weighted by Gasteiger charge is -2.36. The maximum absolute atomic E-state index is 13.0. The maximum Gasteiger partial charge on any atom is 0.417 e. The first-order valence-electron chi connectivity index (χ1n) is 9.78. The molecule has 0 bridgehead atoms. The number of carbonyl (C=O) groups is 3. The zero-order valence-electron chi connectivity index (χ0n) is 16.7. The lowest BCUT2D eigenvalue weighted by Crippen LogP contribution is -2.55. The predicted octanol–water partition coefficient (Wildman–Crippen LogP) is 1.64. The molecule has 3 amide bonds. The molecule has 2 aliphatic rings. The fourth-order valence-electron chi connectivity index (χ4n) is 3.81. The van der Waals surface area contributed by atoms with Crippen LogP contribution in [0, 0.1) is 0 Å². The Kier molecular flexibility index (Phi) is 6.15. The number of likely N-dealkylation sites (tertiary alicyclic amines) is 1. The highest BCUT2D eigenvalue weighted by molar-refractivity contribution is 7.12. The van der Waals surface area contributed by atoms with Crippen LogP contribution in [0.1, 0.15) is 25.6 Å². The van der Waals surface area contributed by atoms with E-state index in [1.165, 1.54) is 16.2 Å². The van der Waals surface area contributed by atoms with E-state index in [0.717, 1.165) is 12.3 Å². The Balaban J connectivity index is 1.41. The predicted molar refractivity (Wildman–Crippen MR) is 107 cm³/mol. The minimum Gasteiger partial charge on any atom is -0.372 e. The standard InChI is InChI=1S/C20H19F3N4O4S/c21-20(22,23)13-6-12(7-24-8-13)19(30)26-10-14-15(11-26)31-4-3-27(14)17(28)9-25-18(29)16-2-1-5-32-16/h1-2,5-8,14-15H,3-4,9-11H2,(H,25,29)/t14-,15+/m0/s1. The van der Waals surface area contributed by atoms with Gasteiger partial charge in [0.05, 0.1) is 41.3 Å². The van der Waals surface area contributed by atoms with Crippen molar-refractivity contribution in [2.24, 2.45) is 0 Å². The molecule has 2 aliphatic heterocycles. The number of carbonyl (C=O) groups excluding carboxylic acids is 3. The van der Waals surface area contributed by atoms with E-state index in [-0.39, 0.29) is 43.6 Å². The molecular formula is C20H19F3N4O4S. The van der Waals surface area contributed by atoms with Crippen molar-refractivity contribution in [2.45, 2.75) is 18.3 Å². The number of amides is 3. The average Bonchev–Trinajstić information content (AvgIpc) is 3.46. The number of halogens is 3. The quantitative estimate of drug-likeness (QED) is 0.737. The Morgan fingerprint density at radius 1 is 1.25 bits per heavy atom. The van der Waals surface area contributed by atoms with Crippen LogP contribution < -0.4 is 5.32 Å². The first kappa shape index (κ1) is 22.2. The molecule has 0 radical (unpaired) electrons. The van der Waals surface area contributed by atoms with Gasteiger partial charge < -0.3 is 19.9 Å². The van der Waals surface area contributed by atoms with Crippen molar-refractivity contribution in [3.05, 3.63) is 52.0 Å². The highest BCUT2D eigenvalue weighted by Gasteiger charge is 2.44. The van der Waals surface area contributed by atoms with Crippen molar-refractivity contribution in [3.8, 4) is 0 Å². The first-order valence-corrected chi connectivity index (χ1v) is 10.7. The zero-order valence-corrected chi connectivity index (χ0v) is 17.5. The van der Waals surface area contributed by atoms with Crippen molar-refractivity contribution >= 4 is 29.1 Å². The Morgan fingerprint density at radius 3 is 2.78 bits per heavy atom. The van der Waals surface area contributed by atoms with E-state index in [0.29, 0.717) is 17.6 Å². The van der Waals surface area contributed by atoms with Crippen LogP contribution in [0.3, 0.4) is 0 Å². The van der Waals surface area contributed by atoms with Gasteiger partial charge in [-0.2, -0.15) is 13.2 Å². The number of nitrogens with zero attached hydrogens (tertiary/aromatic N) is 3. The van der Waals surface area contributed by atoms with E-state index >= 15 is 0 Å². The second-order valence-corrected chi connectivity index (χ2v) is 8.34. The number of morpholine rings is 1. The summed E-state index contributed by atoms with van der Waals surface area (Å²) < 4.78 is 44.5. The third-order valence-corrected chi connectivity index (χ3v) is 6.24. The van der Waals surface area contributed by atoms with Crippen molar-refractivity contribution in [1.82, 2.24) is 20.1 Å². The Morgan fingerprint density at radius 2 is 2.06 bits per heavy atom. The molecule has 32 heavy (non-hydrogen) atoms. The number of ether oxygens (including phenoxy) is 1. The summed E-state index contributed by atoms with van der Waals surface area (Å²) in [7, 11) is 0. The van der Waals surface area contributed by atoms with Gasteiger partial charge in [-0.3, -0.25) is 19.4 Å².